The number of fused-ring (bicyclic) bond motifs is 4. The molecule has 3 aromatic carbocycles. The quantitative estimate of drug-likeness (QED) is 0.375. The minimum Gasteiger partial charge on any atom is -0.476 e. The zero-order valence-corrected chi connectivity index (χ0v) is 20.8. The molecule has 1 amide bonds. The molecule has 1 aromatic heterocycles. The van der Waals surface area contributed by atoms with Gasteiger partial charge in [0.2, 0.25) is 11.8 Å². The van der Waals surface area contributed by atoms with Gasteiger partial charge >= 0.3 is 5.97 Å². The van der Waals surface area contributed by atoms with Crippen LogP contribution >= 0.6 is 0 Å². The third-order valence-electron chi connectivity index (χ3n) is 7.28. The molecule has 3 heterocycles. The van der Waals surface area contributed by atoms with E-state index in [0.29, 0.717) is 23.7 Å². The van der Waals surface area contributed by atoms with Crippen molar-refractivity contribution in [3.05, 3.63) is 96.1 Å². The number of nitrogens with zero attached hydrogens (tertiary/aromatic N) is 3. The number of carbonyl (C=O) groups excluding carboxylic acids is 2. The Morgan fingerprint density at radius 2 is 1.68 bits per heavy atom. The monoisotopic (exact) mass is 493 g/mol. The molecule has 37 heavy (non-hydrogen) atoms. The van der Waals surface area contributed by atoms with Crippen LogP contribution in [0, 0.1) is 5.92 Å². The topological polar surface area (TPSA) is 73.7 Å². The number of esters is 1. The van der Waals surface area contributed by atoms with Gasteiger partial charge in [0.25, 0.3) is 0 Å². The molecule has 0 N–H and O–H groups in total. The van der Waals surface area contributed by atoms with Crippen LogP contribution in [0.1, 0.15) is 25.0 Å². The third-order valence-corrected chi connectivity index (χ3v) is 7.28. The van der Waals surface area contributed by atoms with Gasteiger partial charge in [-0.25, -0.2) is 4.68 Å². The van der Waals surface area contributed by atoms with Crippen LogP contribution in [0.25, 0.3) is 16.9 Å². The van der Waals surface area contributed by atoms with E-state index in [-0.39, 0.29) is 19.1 Å². The van der Waals surface area contributed by atoms with E-state index in [1.807, 2.05) is 91.9 Å². The predicted octanol–water partition coefficient (Wildman–Crippen LogP) is 4.76. The summed E-state index contributed by atoms with van der Waals surface area (Å²) in [5, 5.41) is 5.02. The number of hydrogen-bond acceptors (Lipinski definition) is 5. The first kappa shape index (κ1) is 23.0. The molecule has 4 aromatic rings. The molecule has 7 nitrogen and oxygen atoms in total. The molecule has 6 rings (SSSR count). The number of anilines is 1. The molecule has 7 heteroatoms. The Labute approximate surface area is 215 Å². The molecule has 0 saturated carbocycles. The SMILES string of the molecule is CCOC(=O)[C@@H]1COc2c(c(-c3ccccc3)nn2-c2ccccc2)[C@@]12C(=O)N(CC)c1ccccc12. The summed E-state index contributed by atoms with van der Waals surface area (Å²) in [7, 11) is 0. The number of para-hydroxylation sites is 2. The van der Waals surface area contributed by atoms with Gasteiger partial charge < -0.3 is 14.4 Å². The van der Waals surface area contributed by atoms with Gasteiger partial charge in [0.1, 0.15) is 23.6 Å². The van der Waals surface area contributed by atoms with E-state index in [1.165, 1.54) is 0 Å². The first-order valence-electron chi connectivity index (χ1n) is 12.6. The Hall–Kier alpha value is -4.39. The number of rotatable bonds is 5. The average molecular weight is 494 g/mol. The Bertz CT molecular complexity index is 1480. The Balaban J connectivity index is 1.74. The van der Waals surface area contributed by atoms with Crippen molar-refractivity contribution in [2.75, 3.05) is 24.7 Å². The molecule has 0 saturated heterocycles. The van der Waals surface area contributed by atoms with Crippen molar-refractivity contribution in [1.82, 2.24) is 9.78 Å². The standard InChI is InChI=1S/C30H27N3O4/c1-3-32-24-18-12-11-17-22(24)30(29(32)35)23(28(34)36-4-2)19-37-27-25(30)26(20-13-7-5-8-14-20)31-33(27)21-15-9-6-10-16-21/h5-18,23H,3-4,19H2,1-2H3/t23-,30-/m0/s1. The number of hydrogen-bond donors (Lipinski definition) is 0. The summed E-state index contributed by atoms with van der Waals surface area (Å²) in [6, 6.07) is 27.1. The second-order valence-corrected chi connectivity index (χ2v) is 9.13. The molecule has 2 aliphatic rings. The fraction of sp³-hybridized carbons (Fsp3) is 0.233. The predicted molar refractivity (Wildman–Crippen MR) is 140 cm³/mol. The smallest absolute Gasteiger partial charge is 0.314 e. The van der Waals surface area contributed by atoms with E-state index in [2.05, 4.69) is 0 Å². The summed E-state index contributed by atoms with van der Waals surface area (Å²) in [4.78, 5) is 29.9. The maximum absolute atomic E-state index is 14.6. The minimum absolute atomic E-state index is 0.00375. The lowest BCUT2D eigenvalue weighted by Crippen LogP contribution is -2.54. The number of aromatic nitrogens is 2. The van der Waals surface area contributed by atoms with E-state index >= 15 is 0 Å². The summed E-state index contributed by atoms with van der Waals surface area (Å²) >= 11 is 0. The van der Waals surface area contributed by atoms with Gasteiger partial charge in [-0.3, -0.25) is 9.59 Å². The summed E-state index contributed by atoms with van der Waals surface area (Å²) < 4.78 is 13.6. The molecule has 2 aliphatic heterocycles. The highest BCUT2D eigenvalue weighted by Gasteiger charge is 2.64. The van der Waals surface area contributed by atoms with E-state index in [0.717, 1.165) is 22.5 Å². The van der Waals surface area contributed by atoms with Crippen molar-refractivity contribution >= 4 is 17.6 Å². The van der Waals surface area contributed by atoms with Gasteiger partial charge in [-0.2, -0.15) is 5.10 Å². The Kier molecular flexibility index (Phi) is 5.56. The molecule has 0 aliphatic carbocycles. The van der Waals surface area contributed by atoms with Crippen LogP contribution in [0.5, 0.6) is 5.88 Å². The minimum atomic E-state index is -1.34. The van der Waals surface area contributed by atoms with Gasteiger partial charge in [-0.15, -0.1) is 0 Å². The van der Waals surface area contributed by atoms with Gasteiger partial charge in [0.05, 0.1) is 17.9 Å². The van der Waals surface area contributed by atoms with E-state index in [9.17, 15) is 9.59 Å². The molecule has 0 fully saturated rings. The lowest BCUT2D eigenvalue weighted by molar-refractivity contribution is -0.154. The second-order valence-electron chi connectivity index (χ2n) is 9.13. The van der Waals surface area contributed by atoms with E-state index in [4.69, 9.17) is 14.6 Å². The highest BCUT2D eigenvalue weighted by atomic mass is 16.5. The van der Waals surface area contributed by atoms with Crippen LogP contribution in [0.2, 0.25) is 0 Å². The van der Waals surface area contributed by atoms with Crippen LogP contribution in [-0.2, 0) is 19.7 Å². The van der Waals surface area contributed by atoms with Crippen molar-refractivity contribution in [3.8, 4) is 22.8 Å². The largest absolute Gasteiger partial charge is 0.476 e. The Morgan fingerprint density at radius 3 is 2.38 bits per heavy atom. The highest BCUT2D eigenvalue weighted by molar-refractivity contribution is 6.14. The summed E-state index contributed by atoms with van der Waals surface area (Å²) in [5.74, 6) is -1.03. The zero-order chi connectivity index (χ0) is 25.6. The van der Waals surface area contributed by atoms with Crippen molar-refractivity contribution < 1.29 is 19.1 Å². The zero-order valence-electron chi connectivity index (χ0n) is 20.8. The highest BCUT2D eigenvalue weighted by Crippen LogP contribution is 2.58. The first-order chi connectivity index (χ1) is 18.1. The van der Waals surface area contributed by atoms with Crippen molar-refractivity contribution in [2.24, 2.45) is 5.92 Å². The maximum Gasteiger partial charge on any atom is 0.314 e. The molecule has 186 valence electrons. The second kappa shape index (κ2) is 8.92. The average Bonchev–Trinajstić information content (AvgIpc) is 3.45. The third kappa shape index (κ3) is 3.23. The van der Waals surface area contributed by atoms with E-state index in [1.54, 1.807) is 16.5 Å². The molecule has 0 bridgehead atoms. The van der Waals surface area contributed by atoms with Crippen molar-refractivity contribution in [1.29, 1.82) is 0 Å². The summed E-state index contributed by atoms with van der Waals surface area (Å²) in [6.45, 7) is 4.39. The number of likely N-dealkylation sites (N-methyl/N-ethyl adjacent to an activating group) is 1. The first-order valence-corrected chi connectivity index (χ1v) is 12.6. The van der Waals surface area contributed by atoms with Gasteiger partial charge in [0, 0.05) is 17.8 Å². The molecule has 1 spiro atoms. The van der Waals surface area contributed by atoms with Crippen molar-refractivity contribution in [3.63, 3.8) is 0 Å². The molecule has 2 atom stereocenters. The van der Waals surface area contributed by atoms with Crippen LogP contribution in [0.3, 0.4) is 0 Å². The Morgan fingerprint density at radius 1 is 1.00 bits per heavy atom. The van der Waals surface area contributed by atoms with Crippen LogP contribution in [0.4, 0.5) is 5.69 Å². The number of carbonyl (C=O) groups is 2. The molecule has 0 radical (unpaired) electrons. The van der Waals surface area contributed by atoms with Crippen molar-refractivity contribution in [2.45, 2.75) is 19.3 Å². The van der Waals surface area contributed by atoms with Crippen LogP contribution in [-0.4, -0.2) is 41.4 Å². The fourth-order valence-electron chi connectivity index (χ4n) is 5.76. The molecule has 0 unspecified atom stereocenters. The summed E-state index contributed by atoms with van der Waals surface area (Å²) in [5.41, 5.74) is 3.07. The fourth-order valence-corrected chi connectivity index (χ4v) is 5.76. The lowest BCUT2D eigenvalue weighted by Gasteiger charge is -2.39. The van der Waals surface area contributed by atoms with Gasteiger partial charge in [-0.1, -0.05) is 66.7 Å². The normalized spacial score (nSPS) is 19.9. The van der Waals surface area contributed by atoms with Gasteiger partial charge in [-0.05, 0) is 37.6 Å². The number of benzene rings is 3. The maximum atomic E-state index is 14.6. The lowest BCUT2D eigenvalue weighted by atomic mass is 9.64. The number of amides is 1. The number of ether oxygens (including phenoxy) is 2. The molecular formula is C30H27N3O4. The van der Waals surface area contributed by atoms with Crippen LogP contribution in [0.15, 0.2) is 84.9 Å². The van der Waals surface area contributed by atoms with E-state index < -0.39 is 17.3 Å². The summed E-state index contributed by atoms with van der Waals surface area (Å²) in [6.07, 6.45) is 0. The van der Waals surface area contributed by atoms with Gasteiger partial charge in [0.15, 0.2) is 0 Å². The van der Waals surface area contributed by atoms with Crippen LogP contribution < -0.4 is 9.64 Å². The molecular weight excluding hydrogens is 466 g/mol.